The number of thioether (sulfide) groups is 1. The molecule has 0 spiro atoms. The van der Waals surface area contributed by atoms with Gasteiger partial charge in [-0.05, 0) is 40.5 Å². The molecule has 0 fully saturated rings. The van der Waals surface area contributed by atoms with Gasteiger partial charge >= 0.3 is 5.97 Å². The molecule has 2 rings (SSSR count). The molecule has 0 amide bonds. The molecule has 1 N–H and O–H groups in total. The van der Waals surface area contributed by atoms with Gasteiger partial charge in [-0.3, -0.25) is 9.36 Å². The van der Waals surface area contributed by atoms with E-state index in [1.807, 2.05) is 11.5 Å². The van der Waals surface area contributed by atoms with Crippen molar-refractivity contribution >= 4 is 33.7 Å². The Morgan fingerprint density at radius 2 is 2.30 bits per heavy atom. The minimum Gasteiger partial charge on any atom is -0.481 e. The summed E-state index contributed by atoms with van der Waals surface area (Å²) in [5, 5.41) is 9.35. The van der Waals surface area contributed by atoms with Gasteiger partial charge in [-0.25, -0.2) is 9.37 Å². The van der Waals surface area contributed by atoms with Crippen LogP contribution in [-0.2, 0) is 11.2 Å². The summed E-state index contributed by atoms with van der Waals surface area (Å²) in [4.78, 5) is 14.9. The number of carbonyl (C=O) groups is 1. The van der Waals surface area contributed by atoms with Gasteiger partial charge in [0, 0.05) is 17.6 Å². The topological polar surface area (TPSA) is 55.1 Å². The Balaban J connectivity index is 2.44. The molecule has 0 radical (unpaired) electrons. The van der Waals surface area contributed by atoms with Gasteiger partial charge < -0.3 is 5.11 Å². The minimum absolute atomic E-state index is 0.0669. The lowest BCUT2D eigenvalue weighted by atomic mass is 10.3. The number of aliphatic carboxylic acids is 1. The molecule has 0 aliphatic carbocycles. The number of hydrogen-bond donors (Lipinski definition) is 1. The summed E-state index contributed by atoms with van der Waals surface area (Å²) in [5.74, 6) is -1.31. The van der Waals surface area contributed by atoms with Gasteiger partial charge in [0.2, 0.25) is 0 Å². The third kappa shape index (κ3) is 3.21. The van der Waals surface area contributed by atoms with Crippen molar-refractivity contribution in [3.8, 4) is 5.69 Å². The van der Waals surface area contributed by atoms with E-state index in [9.17, 15) is 9.18 Å². The highest BCUT2D eigenvalue weighted by atomic mass is 79.9. The van der Waals surface area contributed by atoms with Crippen LogP contribution in [0.1, 0.15) is 12.6 Å². The number of hydrogen-bond acceptors (Lipinski definition) is 3. The van der Waals surface area contributed by atoms with Gasteiger partial charge in [0.25, 0.3) is 0 Å². The molecule has 7 heteroatoms. The largest absolute Gasteiger partial charge is 0.481 e. The van der Waals surface area contributed by atoms with Gasteiger partial charge in [-0.15, -0.1) is 0 Å². The van der Waals surface area contributed by atoms with Gasteiger partial charge in [0.15, 0.2) is 5.16 Å². The van der Waals surface area contributed by atoms with Crippen molar-refractivity contribution in [2.75, 3.05) is 5.75 Å². The van der Waals surface area contributed by atoms with Crippen molar-refractivity contribution in [3.05, 3.63) is 40.4 Å². The first-order chi connectivity index (χ1) is 9.52. The van der Waals surface area contributed by atoms with E-state index in [1.165, 1.54) is 6.07 Å². The predicted octanol–water partition coefficient (Wildman–Crippen LogP) is 3.51. The van der Waals surface area contributed by atoms with E-state index in [2.05, 4.69) is 20.9 Å². The fourth-order valence-corrected chi connectivity index (χ4v) is 2.84. The molecule has 20 heavy (non-hydrogen) atoms. The summed E-state index contributed by atoms with van der Waals surface area (Å²) < 4.78 is 15.5. The third-order valence-electron chi connectivity index (χ3n) is 2.65. The zero-order valence-corrected chi connectivity index (χ0v) is 13.0. The number of imidazole rings is 1. The number of aromatic nitrogens is 2. The van der Waals surface area contributed by atoms with Gasteiger partial charge in [0.1, 0.15) is 5.82 Å². The Kier molecular flexibility index (Phi) is 4.82. The zero-order valence-electron chi connectivity index (χ0n) is 10.6. The fourth-order valence-electron chi connectivity index (χ4n) is 1.75. The number of halogens is 2. The predicted molar refractivity (Wildman–Crippen MR) is 79.0 cm³/mol. The number of aryl methyl sites for hydroxylation is 1. The Morgan fingerprint density at radius 3 is 2.90 bits per heavy atom. The number of carboxylic acids is 1. The van der Waals surface area contributed by atoms with E-state index in [-0.39, 0.29) is 11.6 Å². The lowest BCUT2D eigenvalue weighted by Gasteiger charge is -2.11. The Labute approximate surface area is 128 Å². The van der Waals surface area contributed by atoms with E-state index in [0.29, 0.717) is 9.63 Å². The van der Waals surface area contributed by atoms with Crippen LogP contribution in [0.15, 0.2) is 34.0 Å². The Morgan fingerprint density at radius 1 is 1.55 bits per heavy atom. The van der Waals surface area contributed by atoms with Crippen molar-refractivity contribution < 1.29 is 14.3 Å². The summed E-state index contributed by atoms with van der Waals surface area (Å²) in [7, 11) is 0. The number of nitrogens with zero attached hydrogens (tertiary/aromatic N) is 2. The van der Waals surface area contributed by atoms with Crippen LogP contribution in [-0.4, -0.2) is 26.4 Å². The van der Waals surface area contributed by atoms with Crippen LogP contribution in [0.3, 0.4) is 0 Å². The van der Waals surface area contributed by atoms with Crippen LogP contribution in [0.5, 0.6) is 0 Å². The molecule has 0 atom stereocenters. The second-order valence-corrected chi connectivity index (χ2v) is 5.80. The van der Waals surface area contributed by atoms with Crippen molar-refractivity contribution in [1.29, 1.82) is 0 Å². The summed E-state index contributed by atoms with van der Waals surface area (Å²) in [5.41, 5.74) is 1.69. The van der Waals surface area contributed by atoms with Crippen LogP contribution < -0.4 is 0 Å². The standard InChI is InChI=1S/C13H12BrFN2O2S/c1-2-8-6-16-13(20-7-12(18)19)17(8)9-3-4-11(15)10(14)5-9/h3-6H,2,7H2,1H3,(H,18,19). The SMILES string of the molecule is CCc1cnc(SCC(=O)O)n1-c1ccc(F)c(Br)c1. The first-order valence-electron chi connectivity index (χ1n) is 5.89. The molecule has 0 unspecified atom stereocenters. The minimum atomic E-state index is -0.900. The highest BCUT2D eigenvalue weighted by molar-refractivity contribution is 9.10. The van der Waals surface area contributed by atoms with E-state index in [1.54, 1.807) is 18.3 Å². The summed E-state index contributed by atoms with van der Waals surface area (Å²) >= 11 is 4.29. The normalized spacial score (nSPS) is 10.8. The van der Waals surface area contributed by atoms with Crippen molar-refractivity contribution in [1.82, 2.24) is 9.55 Å². The van der Waals surface area contributed by atoms with Crippen molar-refractivity contribution in [2.45, 2.75) is 18.5 Å². The molecule has 2 aromatic rings. The first kappa shape index (κ1) is 15.1. The lowest BCUT2D eigenvalue weighted by Crippen LogP contribution is -2.04. The van der Waals surface area contributed by atoms with Gasteiger partial charge in [-0.1, -0.05) is 18.7 Å². The zero-order chi connectivity index (χ0) is 14.7. The van der Waals surface area contributed by atoms with Gasteiger partial charge in [0.05, 0.1) is 10.2 Å². The van der Waals surface area contributed by atoms with Crippen LogP contribution in [0, 0.1) is 5.82 Å². The molecule has 0 aliphatic rings. The molecule has 4 nitrogen and oxygen atoms in total. The van der Waals surface area contributed by atoms with Crippen LogP contribution in [0.2, 0.25) is 0 Å². The Hall–Kier alpha value is -1.34. The monoisotopic (exact) mass is 358 g/mol. The molecule has 106 valence electrons. The van der Waals surface area contributed by atoms with E-state index in [4.69, 9.17) is 5.11 Å². The highest BCUT2D eigenvalue weighted by Gasteiger charge is 2.13. The summed E-state index contributed by atoms with van der Waals surface area (Å²) in [6, 6.07) is 4.66. The molecular weight excluding hydrogens is 347 g/mol. The molecule has 0 aliphatic heterocycles. The van der Waals surface area contributed by atoms with Crippen molar-refractivity contribution in [2.24, 2.45) is 0 Å². The average Bonchev–Trinajstić information content (AvgIpc) is 2.82. The number of rotatable bonds is 5. The second kappa shape index (κ2) is 6.41. The van der Waals surface area contributed by atoms with Crippen molar-refractivity contribution in [3.63, 3.8) is 0 Å². The average molecular weight is 359 g/mol. The summed E-state index contributed by atoms with van der Waals surface area (Å²) in [6.45, 7) is 1.98. The first-order valence-corrected chi connectivity index (χ1v) is 7.67. The lowest BCUT2D eigenvalue weighted by molar-refractivity contribution is -0.133. The molecule has 0 saturated heterocycles. The highest BCUT2D eigenvalue weighted by Crippen LogP contribution is 2.26. The summed E-state index contributed by atoms with van der Waals surface area (Å²) in [6.07, 6.45) is 2.46. The quantitative estimate of drug-likeness (QED) is 0.830. The molecule has 0 saturated carbocycles. The number of benzene rings is 1. The van der Waals surface area contributed by atoms with E-state index in [0.717, 1.165) is 29.6 Å². The van der Waals surface area contributed by atoms with Gasteiger partial charge in [-0.2, -0.15) is 0 Å². The molecular formula is C13H12BrFN2O2S. The maximum atomic E-state index is 13.3. The molecule has 1 aromatic carbocycles. The third-order valence-corrected chi connectivity index (χ3v) is 4.20. The molecule has 1 aromatic heterocycles. The second-order valence-electron chi connectivity index (χ2n) is 4.00. The number of carboxylic acid groups (broad SMARTS) is 1. The Bertz CT molecular complexity index is 645. The molecule has 1 heterocycles. The van der Waals surface area contributed by atoms with Crippen LogP contribution in [0.25, 0.3) is 5.69 Å². The molecule has 0 bridgehead atoms. The maximum absolute atomic E-state index is 13.3. The van der Waals surface area contributed by atoms with Crippen LogP contribution >= 0.6 is 27.7 Å². The fraction of sp³-hybridized carbons (Fsp3) is 0.231. The smallest absolute Gasteiger partial charge is 0.313 e. The van der Waals surface area contributed by atoms with E-state index < -0.39 is 5.97 Å². The van der Waals surface area contributed by atoms with Crippen LogP contribution in [0.4, 0.5) is 4.39 Å². The van der Waals surface area contributed by atoms with E-state index >= 15 is 0 Å². The maximum Gasteiger partial charge on any atom is 0.313 e.